The van der Waals surface area contributed by atoms with Crippen molar-refractivity contribution in [1.29, 1.82) is 0 Å². The van der Waals surface area contributed by atoms with Crippen LogP contribution in [0, 0.1) is 0 Å². The first-order valence-corrected chi connectivity index (χ1v) is 11.8. The minimum Gasteiger partial charge on any atom is -0.390 e. The number of hydrogen-bond donors (Lipinski definition) is 3. The average molecular weight is 451 g/mol. The van der Waals surface area contributed by atoms with Crippen molar-refractivity contribution >= 4 is 11.6 Å². The minimum atomic E-state index is -0.660. The molecule has 2 atom stereocenters. The fraction of sp³-hybridized carbons (Fsp3) is 0.462. The molecule has 0 aliphatic heterocycles. The summed E-state index contributed by atoms with van der Waals surface area (Å²) in [4.78, 5) is 17.0. The first kappa shape index (κ1) is 23.4. The average Bonchev–Trinajstić information content (AvgIpc) is 3.45. The van der Waals surface area contributed by atoms with E-state index in [1.165, 1.54) is 16.7 Å². The number of aliphatic hydroxyl groups is 1. The number of nitrogens with one attached hydrogen (secondary N) is 2. The van der Waals surface area contributed by atoms with Crippen molar-refractivity contribution in [1.82, 2.24) is 20.0 Å². The van der Waals surface area contributed by atoms with Gasteiger partial charge in [0.05, 0.1) is 6.10 Å². The molecule has 1 aromatic carbocycles. The van der Waals surface area contributed by atoms with Gasteiger partial charge in [-0.2, -0.15) is 0 Å². The number of benzene rings is 1. The highest BCUT2D eigenvalue weighted by atomic mass is 16.5. The molecule has 0 saturated heterocycles. The van der Waals surface area contributed by atoms with Gasteiger partial charge in [-0.1, -0.05) is 37.3 Å². The standard InChI is InChI=1S/C26H34N4O3/c1-3-18(10-11-33-2)21-8-9-25-29-24(17-30(25)16-21)26(32)28-15-23(31)14-27-22-12-19-6-4-5-7-20(19)13-22/h4-9,16-18,22-23,27,31H,3,10-15H2,1-2H3,(H,28,32). The van der Waals surface area contributed by atoms with Crippen molar-refractivity contribution in [3.8, 4) is 0 Å². The van der Waals surface area contributed by atoms with Crippen LogP contribution in [0.2, 0.25) is 0 Å². The van der Waals surface area contributed by atoms with Crippen LogP contribution in [0.15, 0.2) is 48.8 Å². The first-order chi connectivity index (χ1) is 16.1. The van der Waals surface area contributed by atoms with Crippen molar-refractivity contribution in [3.05, 3.63) is 71.2 Å². The van der Waals surface area contributed by atoms with Crippen LogP contribution in [0.25, 0.3) is 5.65 Å². The lowest BCUT2D eigenvalue weighted by Gasteiger charge is -2.16. The molecule has 2 heterocycles. The van der Waals surface area contributed by atoms with Crippen molar-refractivity contribution in [2.75, 3.05) is 26.8 Å². The lowest BCUT2D eigenvalue weighted by molar-refractivity contribution is 0.0909. The number of amides is 1. The van der Waals surface area contributed by atoms with Gasteiger partial charge in [-0.05, 0) is 54.4 Å². The van der Waals surface area contributed by atoms with E-state index in [1.54, 1.807) is 13.3 Å². The fourth-order valence-electron chi connectivity index (χ4n) is 4.61. The number of imidazole rings is 1. The third-order valence-electron chi connectivity index (χ3n) is 6.53. The number of aromatic nitrogens is 2. The SMILES string of the molecule is CCC(CCOC)c1ccc2nc(C(=O)NCC(O)CNC3Cc4ccccc4C3)cn2c1. The molecule has 2 unspecified atom stereocenters. The molecule has 4 rings (SSSR count). The second-order valence-electron chi connectivity index (χ2n) is 8.89. The number of aliphatic hydroxyl groups excluding tert-OH is 1. The summed E-state index contributed by atoms with van der Waals surface area (Å²) in [6, 6.07) is 12.8. The number of methoxy groups -OCH3 is 1. The Hall–Kier alpha value is -2.74. The second-order valence-corrected chi connectivity index (χ2v) is 8.89. The van der Waals surface area contributed by atoms with Crippen molar-refractivity contribution < 1.29 is 14.6 Å². The molecule has 0 spiro atoms. The van der Waals surface area contributed by atoms with Crippen LogP contribution in [0.5, 0.6) is 0 Å². The number of hydrogen-bond acceptors (Lipinski definition) is 5. The predicted molar refractivity (Wildman–Crippen MR) is 129 cm³/mol. The molecule has 7 heteroatoms. The van der Waals surface area contributed by atoms with Gasteiger partial charge < -0.3 is 24.9 Å². The van der Waals surface area contributed by atoms with Gasteiger partial charge in [0.25, 0.3) is 5.91 Å². The van der Waals surface area contributed by atoms with Gasteiger partial charge in [-0.25, -0.2) is 4.98 Å². The van der Waals surface area contributed by atoms with E-state index in [-0.39, 0.29) is 12.5 Å². The van der Waals surface area contributed by atoms with Crippen LogP contribution in [0.4, 0.5) is 0 Å². The van der Waals surface area contributed by atoms with Crippen molar-refractivity contribution in [2.24, 2.45) is 0 Å². The number of carbonyl (C=O) groups excluding carboxylic acids is 1. The molecule has 0 fully saturated rings. The van der Waals surface area contributed by atoms with E-state index in [4.69, 9.17) is 4.74 Å². The maximum Gasteiger partial charge on any atom is 0.271 e. The Bertz CT molecular complexity index is 1060. The summed E-state index contributed by atoms with van der Waals surface area (Å²) >= 11 is 0. The minimum absolute atomic E-state index is 0.180. The molecule has 1 amide bonds. The van der Waals surface area contributed by atoms with E-state index in [1.807, 2.05) is 16.7 Å². The smallest absolute Gasteiger partial charge is 0.271 e. The van der Waals surface area contributed by atoms with E-state index in [0.717, 1.165) is 37.9 Å². The number of ether oxygens (including phenoxy) is 1. The normalized spacial score (nSPS) is 15.5. The third kappa shape index (κ3) is 5.79. The number of pyridine rings is 1. The van der Waals surface area contributed by atoms with Crippen LogP contribution < -0.4 is 10.6 Å². The van der Waals surface area contributed by atoms with Crippen LogP contribution in [0.3, 0.4) is 0 Å². The van der Waals surface area contributed by atoms with E-state index < -0.39 is 6.10 Å². The quantitative estimate of drug-likeness (QED) is 0.418. The van der Waals surface area contributed by atoms with Gasteiger partial charge in [0.15, 0.2) is 0 Å². The van der Waals surface area contributed by atoms with Crippen LogP contribution in [0.1, 0.15) is 52.9 Å². The summed E-state index contributed by atoms with van der Waals surface area (Å²) in [7, 11) is 1.72. The largest absolute Gasteiger partial charge is 0.390 e. The van der Waals surface area contributed by atoms with Crippen LogP contribution in [-0.4, -0.2) is 59.4 Å². The molecule has 2 aromatic heterocycles. The Morgan fingerprint density at radius 2 is 1.94 bits per heavy atom. The molecular weight excluding hydrogens is 416 g/mol. The maximum atomic E-state index is 12.6. The molecule has 176 valence electrons. The highest BCUT2D eigenvalue weighted by molar-refractivity contribution is 5.92. The van der Waals surface area contributed by atoms with Gasteiger partial charge in [0, 0.05) is 45.2 Å². The van der Waals surface area contributed by atoms with Crippen LogP contribution >= 0.6 is 0 Å². The molecule has 7 nitrogen and oxygen atoms in total. The zero-order valence-corrected chi connectivity index (χ0v) is 19.5. The topological polar surface area (TPSA) is 87.9 Å². The molecule has 0 bridgehead atoms. The molecular formula is C26H34N4O3. The lowest BCUT2D eigenvalue weighted by atomic mass is 9.95. The summed E-state index contributed by atoms with van der Waals surface area (Å²) in [5.41, 5.74) is 5.03. The number of rotatable bonds is 11. The second kappa shape index (κ2) is 10.9. The molecule has 3 aromatic rings. The summed E-state index contributed by atoms with van der Waals surface area (Å²) in [5, 5.41) is 16.6. The number of fused-ring (bicyclic) bond motifs is 2. The van der Waals surface area contributed by atoms with Gasteiger partial charge in [0.1, 0.15) is 11.3 Å². The summed E-state index contributed by atoms with van der Waals surface area (Å²) in [6.45, 7) is 3.51. The fourth-order valence-corrected chi connectivity index (χ4v) is 4.61. The monoisotopic (exact) mass is 450 g/mol. The highest BCUT2D eigenvalue weighted by Crippen LogP contribution is 2.24. The van der Waals surface area contributed by atoms with E-state index >= 15 is 0 Å². The molecule has 0 saturated carbocycles. The third-order valence-corrected chi connectivity index (χ3v) is 6.53. The maximum absolute atomic E-state index is 12.6. The van der Waals surface area contributed by atoms with E-state index in [9.17, 15) is 9.90 Å². The van der Waals surface area contributed by atoms with E-state index in [2.05, 4.69) is 52.9 Å². The molecule has 3 N–H and O–H groups in total. The molecule has 1 aliphatic carbocycles. The van der Waals surface area contributed by atoms with Gasteiger partial charge in [-0.15, -0.1) is 0 Å². The summed E-state index contributed by atoms with van der Waals surface area (Å²) in [6.07, 6.45) is 7.06. The predicted octanol–water partition coefficient (Wildman–Crippen LogP) is 2.71. The zero-order chi connectivity index (χ0) is 23.2. The Kier molecular flexibility index (Phi) is 7.75. The van der Waals surface area contributed by atoms with Crippen molar-refractivity contribution in [3.63, 3.8) is 0 Å². The summed E-state index contributed by atoms with van der Waals surface area (Å²) < 4.78 is 7.13. The molecule has 0 radical (unpaired) electrons. The Morgan fingerprint density at radius 1 is 1.18 bits per heavy atom. The first-order valence-electron chi connectivity index (χ1n) is 11.8. The Morgan fingerprint density at radius 3 is 2.64 bits per heavy atom. The Balaban J connectivity index is 1.27. The van der Waals surface area contributed by atoms with Crippen molar-refractivity contribution in [2.45, 2.75) is 50.7 Å². The number of nitrogens with zero attached hydrogens (tertiary/aromatic N) is 2. The lowest BCUT2D eigenvalue weighted by Crippen LogP contribution is -2.41. The van der Waals surface area contributed by atoms with Gasteiger partial charge >= 0.3 is 0 Å². The van der Waals surface area contributed by atoms with Gasteiger partial charge in [-0.3, -0.25) is 4.79 Å². The van der Waals surface area contributed by atoms with E-state index in [0.29, 0.717) is 24.2 Å². The molecule has 33 heavy (non-hydrogen) atoms. The van der Waals surface area contributed by atoms with Gasteiger partial charge in [0.2, 0.25) is 0 Å². The summed E-state index contributed by atoms with van der Waals surface area (Å²) in [5.74, 6) is 0.128. The number of carbonyl (C=O) groups is 1. The Labute approximate surface area is 195 Å². The van der Waals surface area contributed by atoms with Crippen LogP contribution in [-0.2, 0) is 17.6 Å². The molecule has 1 aliphatic rings. The highest BCUT2D eigenvalue weighted by Gasteiger charge is 2.21. The zero-order valence-electron chi connectivity index (χ0n) is 19.5.